The predicted molar refractivity (Wildman–Crippen MR) is 96.6 cm³/mol. The Balaban J connectivity index is 1.51. The van der Waals surface area contributed by atoms with Crippen LogP contribution in [0, 0.1) is 0 Å². The second-order valence-electron chi connectivity index (χ2n) is 5.80. The number of amides is 2. The van der Waals surface area contributed by atoms with E-state index < -0.39 is 0 Å². The first-order valence-electron chi connectivity index (χ1n) is 7.95. The van der Waals surface area contributed by atoms with Crippen molar-refractivity contribution in [2.45, 2.75) is 25.7 Å². The number of aromatic nitrogens is 1. The Morgan fingerprint density at radius 1 is 1.25 bits per heavy atom. The largest absolute Gasteiger partial charge is 0.374 e. The summed E-state index contributed by atoms with van der Waals surface area (Å²) in [4.78, 5) is 30.0. The number of hydrogen-bond donors (Lipinski definition) is 2. The minimum Gasteiger partial charge on any atom is -0.374 e. The van der Waals surface area contributed by atoms with E-state index in [9.17, 15) is 9.59 Å². The molecule has 126 valence electrons. The van der Waals surface area contributed by atoms with E-state index in [1.807, 2.05) is 18.2 Å². The van der Waals surface area contributed by atoms with Crippen LogP contribution in [0.3, 0.4) is 0 Å². The first-order chi connectivity index (χ1) is 11.6. The molecular formula is C17H20N4O2S. The van der Waals surface area contributed by atoms with E-state index in [1.54, 1.807) is 11.6 Å². The topological polar surface area (TPSA) is 74.3 Å². The summed E-state index contributed by atoms with van der Waals surface area (Å²) in [6.45, 7) is 1.06. The van der Waals surface area contributed by atoms with Gasteiger partial charge in [0.1, 0.15) is 0 Å². The van der Waals surface area contributed by atoms with Crippen LogP contribution in [0.25, 0.3) is 0 Å². The Morgan fingerprint density at radius 3 is 2.79 bits per heavy atom. The van der Waals surface area contributed by atoms with Gasteiger partial charge in [-0.2, -0.15) is 0 Å². The summed E-state index contributed by atoms with van der Waals surface area (Å²) in [5.74, 6) is -0.361. The minimum atomic E-state index is -0.202. The third kappa shape index (κ3) is 4.11. The first-order valence-corrected chi connectivity index (χ1v) is 8.83. The molecule has 0 atom stereocenters. The van der Waals surface area contributed by atoms with Crippen LogP contribution in [0.15, 0.2) is 29.8 Å². The smallest absolute Gasteiger partial charge is 0.226 e. The third-order valence-corrected chi connectivity index (χ3v) is 4.66. The maximum atomic E-state index is 12.0. The Labute approximate surface area is 144 Å². The van der Waals surface area contributed by atoms with Crippen molar-refractivity contribution in [2.75, 3.05) is 29.1 Å². The lowest BCUT2D eigenvalue weighted by atomic mass is 10.0. The summed E-state index contributed by atoms with van der Waals surface area (Å²) >= 11 is 1.35. The summed E-state index contributed by atoms with van der Waals surface area (Å²) in [5, 5.41) is 7.88. The zero-order valence-electron chi connectivity index (χ0n) is 13.5. The Morgan fingerprint density at radius 2 is 2.04 bits per heavy atom. The molecule has 2 amide bonds. The third-order valence-electron chi connectivity index (χ3n) is 3.97. The molecule has 2 aromatic rings. The van der Waals surface area contributed by atoms with Crippen molar-refractivity contribution in [3.05, 3.63) is 35.3 Å². The molecule has 6 nitrogen and oxygen atoms in total. The number of rotatable bonds is 5. The van der Waals surface area contributed by atoms with Gasteiger partial charge in [0.2, 0.25) is 11.8 Å². The number of fused-ring (bicyclic) bond motifs is 1. The lowest BCUT2D eigenvalue weighted by molar-refractivity contribution is -0.121. The summed E-state index contributed by atoms with van der Waals surface area (Å²) in [7, 11) is 2.08. The maximum absolute atomic E-state index is 12.0. The van der Waals surface area contributed by atoms with Gasteiger partial charge in [-0.15, -0.1) is 11.3 Å². The number of carbonyl (C=O) groups is 2. The highest BCUT2D eigenvalue weighted by atomic mass is 32.1. The van der Waals surface area contributed by atoms with Crippen molar-refractivity contribution in [3.63, 3.8) is 0 Å². The number of hydrogen-bond acceptors (Lipinski definition) is 5. The average molecular weight is 344 g/mol. The van der Waals surface area contributed by atoms with Crippen molar-refractivity contribution < 1.29 is 9.59 Å². The fraction of sp³-hybridized carbons (Fsp3) is 0.353. The van der Waals surface area contributed by atoms with Crippen LogP contribution < -0.4 is 15.5 Å². The van der Waals surface area contributed by atoms with Crippen LogP contribution in [0.1, 0.15) is 24.8 Å². The van der Waals surface area contributed by atoms with Gasteiger partial charge in [0.05, 0.1) is 0 Å². The Bertz CT molecular complexity index is 730. The molecule has 0 saturated carbocycles. The van der Waals surface area contributed by atoms with E-state index in [0.717, 1.165) is 25.1 Å². The molecule has 2 heterocycles. The van der Waals surface area contributed by atoms with Crippen LogP contribution in [0.2, 0.25) is 0 Å². The van der Waals surface area contributed by atoms with Gasteiger partial charge in [0, 0.05) is 49.4 Å². The van der Waals surface area contributed by atoms with Gasteiger partial charge in [-0.05, 0) is 36.6 Å². The van der Waals surface area contributed by atoms with E-state index in [2.05, 4.69) is 27.6 Å². The zero-order valence-corrected chi connectivity index (χ0v) is 14.4. The van der Waals surface area contributed by atoms with Crippen LogP contribution in [0.4, 0.5) is 16.5 Å². The molecule has 3 rings (SSSR count). The van der Waals surface area contributed by atoms with Crippen molar-refractivity contribution >= 4 is 39.7 Å². The SMILES string of the molecule is CN1CCCc2cc(NC(=O)CCC(=O)Nc3nccs3)ccc21. The number of nitrogens with one attached hydrogen (secondary N) is 2. The lowest BCUT2D eigenvalue weighted by Crippen LogP contribution is -2.24. The molecule has 1 aliphatic rings. The molecule has 0 unspecified atom stereocenters. The van der Waals surface area contributed by atoms with Crippen LogP contribution >= 0.6 is 11.3 Å². The van der Waals surface area contributed by atoms with Gasteiger partial charge in [-0.25, -0.2) is 4.98 Å². The highest BCUT2D eigenvalue weighted by molar-refractivity contribution is 7.13. The molecule has 1 aliphatic heterocycles. The van der Waals surface area contributed by atoms with E-state index in [4.69, 9.17) is 0 Å². The van der Waals surface area contributed by atoms with Gasteiger partial charge in [0.25, 0.3) is 0 Å². The highest BCUT2D eigenvalue weighted by Gasteiger charge is 2.14. The fourth-order valence-corrected chi connectivity index (χ4v) is 3.33. The minimum absolute atomic E-state index is 0.138. The molecular weight excluding hydrogens is 324 g/mol. The van der Waals surface area contributed by atoms with Gasteiger partial charge >= 0.3 is 0 Å². The first kappa shape index (κ1) is 16.4. The summed E-state index contributed by atoms with van der Waals surface area (Å²) < 4.78 is 0. The maximum Gasteiger partial charge on any atom is 0.226 e. The lowest BCUT2D eigenvalue weighted by Gasteiger charge is -2.27. The predicted octanol–water partition coefficient (Wildman–Crippen LogP) is 2.88. The van der Waals surface area contributed by atoms with Crippen LogP contribution in [-0.4, -0.2) is 30.4 Å². The highest BCUT2D eigenvalue weighted by Crippen LogP contribution is 2.28. The summed E-state index contributed by atoms with van der Waals surface area (Å²) in [6, 6.07) is 5.98. The Hall–Kier alpha value is -2.41. The standard InChI is InChI=1S/C17H20N4O2S/c1-21-9-2-3-12-11-13(4-5-14(12)21)19-15(22)6-7-16(23)20-17-18-8-10-24-17/h4-5,8,10-11H,2-3,6-7,9H2,1H3,(H,19,22)(H,18,20,23). The summed E-state index contributed by atoms with van der Waals surface area (Å²) in [6.07, 6.45) is 4.06. The number of carbonyl (C=O) groups excluding carboxylic acids is 2. The number of thiazole rings is 1. The fourth-order valence-electron chi connectivity index (χ4n) is 2.78. The van der Waals surface area contributed by atoms with Gasteiger partial charge in [-0.1, -0.05) is 0 Å². The molecule has 0 bridgehead atoms. The van der Waals surface area contributed by atoms with Crippen molar-refractivity contribution in [3.8, 4) is 0 Å². The Kier molecular flexibility index (Phi) is 5.10. The monoisotopic (exact) mass is 344 g/mol. The van der Waals surface area contributed by atoms with Gasteiger partial charge in [0.15, 0.2) is 5.13 Å². The molecule has 7 heteroatoms. The van der Waals surface area contributed by atoms with Crippen LogP contribution in [-0.2, 0) is 16.0 Å². The number of aryl methyl sites for hydroxylation is 1. The van der Waals surface area contributed by atoms with Crippen molar-refractivity contribution in [1.29, 1.82) is 0 Å². The van der Waals surface area contributed by atoms with Crippen molar-refractivity contribution in [1.82, 2.24) is 4.98 Å². The zero-order chi connectivity index (χ0) is 16.9. The van der Waals surface area contributed by atoms with Crippen LogP contribution in [0.5, 0.6) is 0 Å². The molecule has 1 aromatic heterocycles. The van der Waals surface area contributed by atoms with E-state index >= 15 is 0 Å². The molecule has 1 aromatic carbocycles. The van der Waals surface area contributed by atoms with E-state index in [0.29, 0.717) is 5.13 Å². The average Bonchev–Trinajstić information content (AvgIpc) is 3.06. The van der Waals surface area contributed by atoms with Gasteiger partial charge < -0.3 is 15.5 Å². The molecule has 24 heavy (non-hydrogen) atoms. The molecule has 0 aliphatic carbocycles. The molecule has 0 saturated heterocycles. The number of benzene rings is 1. The number of nitrogens with zero attached hydrogens (tertiary/aromatic N) is 2. The quantitative estimate of drug-likeness (QED) is 0.875. The van der Waals surface area contributed by atoms with Gasteiger partial charge in [-0.3, -0.25) is 9.59 Å². The van der Waals surface area contributed by atoms with E-state index in [1.165, 1.54) is 22.6 Å². The molecule has 0 fully saturated rings. The molecule has 2 N–H and O–H groups in total. The number of anilines is 3. The van der Waals surface area contributed by atoms with E-state index in [-0.39, 0.29) is 24.7 Å². The molecule has 0 spiro atoms. The summed E-state index contributed by atoms with van der Waals surface area (Å²) in [5.41, 5.74) is 3.26. The second kappa shape index (κ2) is 7.44. The second-order valence-corrected chi connectivity index (χ2v) is 6.70. The van der Waals surface area contributed by atoms with Crippen molar-refractivity contribution in [2.24, 2.45) is 0 Å². The molecule has 0 radical (unpaired) electrons. The normalized spacial score (nSPS) is 13.3.